The number of cyclic esters (lactones) is 1. The molecule has 0 radical (unpaired) electrons. The summed E-state index contributed by atoms with van der Waals surface area (Å²) in [4.78, 5) is 105. The van der Waals surface area contributed by atoms with Crippen LogP contribution in [0.1, 0.15) is 59.4 Å². The first kappa shape index (κ1) is 46.6. The van der Waals surface area contributed by atoms with E-state index >= 15 is 0 Å². The van der Waals surface area contributed by atoms with Crippen LogP contribution in [0.15, 0.2) is 78.9 Å². The van der Waals surface area contributed by atoms with Crippen molar-refractivity contribution < 1.29 is 48.2 Å². The van der Waals surface area contributed by atoms with Crippen LogP contribution in [0.3, 0.4) is 0 Å². The molecule has 1 saturated heterocycles. The Labute approximate surface area is 331 Å². The van der Waals surface area contributed by atoms with Crippen LogP contribution in [-0.2, 0) is 43.1 Å². The lowest BCUT2D eigenvalue weighted by atomic mass is 9.98. The van der Waals surface area contributed by atoms with Gasteiger partial charge in [0.25, 0.3) is 0 Å². The van der Waals surface area contributed by atoms with E-state index in [4.69, 9.17) is 16.2 Å². The van der Waals surface area contributed by atoms with Crippen LogP contribution < -0.4 is 38.1 Å². The number of esters is 1. The number of nitrogens with two attached hydrogens (primary N) is 2. The average Bonchev–Trinajstić information content (AvgIpc) is 3.14. The Hall–Kier alpha value is -6.52. The molecule has 17 heteroatoms. The highest BCUT2D eigenvalue weighted by atomic mass is 16.5. The molecule has 10 N–H and O–H groups in total. The molecule has 1 fully saturated rings. The Bertz CT molecular complexity index is 1770. The second kappa shape index (κ2) is 23.4. The maximum absolute atomic E-state index is 13.8. The van der Waals surface area contributed by atoms with Gasteiger partial charge in [-0.25, -0.2) is 4.79 Å². The van der Waals surface area contributed by atoms with Gasteiger partial charge in [0.15, 0.2) is 0 Å². The zero-order valence-electron chi connectivity index (χ0n) is 32.6. The second-order valence-electron chi connectivity index (χ2n) is 13.7. The van der Waals surface area contributed by atoms with E-state index in [0.717, 1.165) is 11.6 Å². The minimum absolute atomic E-state index is 0.182. The molecule has 0 bridgehead atoms. The molecule has 1 heterocycles. The largest absolute Gasteiger partial charge is 0.508 e. The molecule has 308 valence electrons. The number of nitrogens with one attached hydrogen (secondary N) is 5. The van der Waals surface area contributed by atoms with Crippen molar-refractivity contribution in [3.63, 3.8) is 0 Å². The second-order valence-corrected chi connectivity index (χ2v) is 13.7. The maximum atomic E-state index is 13.8. The number of benzene rings is 1. The fourth-order valence-corrected chi connectivity index (χ4v) is 5.26. The standard InChI is InChI=1S/C40H53N7O10/c1-6-24(4)34-40(56)57-25(5)35(45-32(51)16-14-12-10-8-7-9-11-13-15-26-17-19-27(48)20-18-26)39(55)46-33(23(2)3)38(54)44-28(21-30(41)49)36(52)43-29(22-31(42)50)37(53)47-34/h7-20,23-25,28-29,33-35,48H,6,21-22H2,1-5H3,(H2,41,49)(H2,42,50)(H,43,52)(H,44,54)(H,45,51)(H,46,55)(H,47,53)/b8-7+,11-9+,12-10+,15-13+,16-14-/t24-,25-,28+,29+,33+,34+,35+/m1/s1. The van der Waals surface area contributed by atoms with Crippen molar-refractivity contribution >= 4 is 53.4 Å². The zero-order chi connectivity index (χ0) is 42.7. The number of allylic oxidation sites excluding steroid dienone is 8. The van der Waals surface area contributed by atoms with Gasteiger partial charge in [-0.3, -0.25) is 33.6 Å². The van der Waals surface area contributed by atoms with Crippen LogP contribution in [-0.4, -0.2) is 88.7 Å². The smallest absolute Gasteiger partial charge is 0.329 e. The van der Waals surface area contributed by atoms with Crippen LogP contribution in [0, 0.1) is 11.8 Å². The van der Waals surface area contributed by atoms with E-state index in [1.165, 1.54) is 13.0 Å². The summed E-state index contributed by atoms with van der Waals surface area (Å²) in [6.45, 7) is 7.88. The van der Waals surface area contributed by atoms with Gasteiger partial charge in [0.1, 0.15) is 42.1 Å². The molecule has 1 aromatic carbocycles. The molecular weight excluding hydrogens is 738 g/mol. The highest BCUT2D eigenvalue weighted by molar-refractivity contribution is 5.99. The van der Waals surface area contributed by atoms with Crippen LogP contribution in [0.4, 0.5) is 0 Å². The SMILES string of the molecule is CC[C@@H](C)[C@@H]1NC(=O)[C@H](CC(N)=O)NC(=O)[C@H](CC(N)=O)NC(=O)[C@H](C(C)C)NC(=O)[C@@H](NC(=O)\C=C/C=C/C=C/C=C/C=C/c2ccc(O)cc2)[C@@H](C)OC1=O. The molecular formula is C40H53N7O10. The number of hydrogen-bond acceptors (Lipinski definition) is 10. The number of phenolic OH excluding ortho intramolecular Hbond substituents is 1. The molecule has 2 rings (SSSR count). The Morgan fingerprint density at radius 2 is 1.23 bits per heavy atom. The molecule has 0 unspecified atom stereocenters. The fourth-order valence-electron chi connectivity index (χ4n) is 5.26. The number of carbonyl (C=O) groups excluding carboxylic acids is 8. The Morgan fingerprint density at radius 1 is 0.737 bits per heavy atom. The highest BCUT2D eigenvalue weighted by Crippen LogP contribution is 2.15. The van der Waals surface area contributed by atoms with Gasteiger partial charge >= 0.3 is 5.97 Å². The molecule has 0 aliphatic carbocycles. The van der Waals surface area contributed by atoms with Crippen molar-refractivity contribution in [3.8, 4) is 5.75 Å². The van der Waals surface area contributed by atoms with E-state index in [-0.39, 0.29) is 5.75 Å². The van der Waals surface area contributed by atoms with Crippen LogP contribution in [0.2, 0.25) is 0 Å². The average molecular weight is 792 g/mol. The van der Waals surface area contributed by atoms with Gasteiger partial charge < -0.3 is 47.9 Å². The normalized spacial score (nSPS) is 23.7. The number of ether oxygens (including phenoxy) is 1. The third-order valence-electron chi connectivity index (χ3n) is 8.65. The lowest BCUT2D eigenvalue weighted by Gasteiger charge is -2.31. The summed E-state index contributed by atoms with van der Waals surface area (Å²) in [5, 5.41) is 21.5. The van der Waals surface area contributed by atoms with E-state index in [1.807, 2.05) is 12.2 Å². The molecule has 1 aliphatic rings. The van der Waals surface area contributed by atoms with E-state index < -0.39 is 108 Å². The van der Waals surface area contributed by atoms with E-state index in [0.29, 0.717) is 6.42 Å². The highest BCUT2D eigenvalue weighted by Gasteiger charge is 2.39. The first-order chi connectivity index (χ1) is 26.9. The molecule has 0 aromatic heterocycles. The van der Waals surface area contributed by atoms with Gasteiger partial charge in [0.05, 0.1) is 12.8 Å². The Morgan fingerprint density at radius 3 is 1.75 bits per heavy atom. The van der Waals surface area contributed by atoms with Crippen LogP contribution >= 0.6 is 0 Å². The lowest BCUT2D eigenvalue weighted by molar-refractivity contribution is -0.157. The number of aromatic hydroxyl groups is 1. The number of rotatable bonds is 14. The summed E-state index contributed by atoms with van der Waals surface area (Å²) < 4.78 is 5.64. The minimum Gasteiger partial charge on any atom is -0.508 e. The number of phenols is 1. The van der Waals surface area contributed by atoms with Gasteiger partial charge in [0.2, 0.25) is 41.4 Å². The molecule has 57 heavy (non-hydrogen) atoms. The molecule has 17 nitrogen and oxygen atoms in total. The van der Waals surface area contributed by atoms with E-state index in [9.17, 15) is 43.5 Å². The predicted molar refractivity (Wildman–Crippen MR) is 211 cm³/mol. The fraction of sp³-hybridized carbons (Fsp3) is 0.400. The quantitative estimate of drug-likeness (QED) is 0.0732. The Kier molecular flexibility index (Phi) is 19.2. The van der Waals surface area contributed by atoms with E-state index in [2.05, 4.69) is 26.6 Å². The van der Waals surface area contributed by atoms with Crippen LogP contribution in [0.25, 0.3) is 6.08 Å². The number of amides is 7. The van der Waals surface area contributed by atoms with Crippen molar-refractivity contribution in [3.05, 3.63) is 84.5 Å². The van der Waals surface area contributed by atoms with Crippen molar-refractivity contribution in [2.45, 2.75) is 90.2 Å². The number of primary amides is 2. The van der Waals surface area contributed by atoms with Crippen molar-refractivity contribution in [2.75, 3.05) is 0 Å². The summed E-state index contributed by atoms with van der Waals surface area (Å²) in [6, 6.07) is -0.833. The molecule has 1 aliphatic heterocycles. The molecule has 1 aromatic rings. The van der Waals surface area contributed by atoms with Crippen LogP contribution in [0.5, 0.6) is 5.75 Å². The van der Waals surface area contributed by atoms with Crippen molar-refractivity contribution in [2.24, 2.45) is 23.3 Å². The lowest BCUT2D eigenvalue weighted by Crippen LogP contribution is -2.62. The molecule has 0 spiro atoms. The van der Waals surface area contributed by atoms with Gasteiger partial charge in [-0.15, -0.1) is 0 Å². The van der Waals surface area contributed by atoms with Crippen molar-refractivity contribution in [1.29, 1.82) is 0 Å². The van der Waals surface area contributed by atoms with Gasteiger partial charge in [-0.1, -0.05) is 101 Å². The summed E-state index contributed by atoms with van der Waals surface area (Å²) in [5.41, 5.74) is 11.6. The molecule has 7 amide bonds. The first-order valence-corrected chi connectivity index (χ1v) is 18.4. The number of carbonyl (C=O) groups is 8. The Balaban J connectivity index is 2.39. The summed E-state index contributed by atoms with van der Waals surface area (Å²) in [7, 11) is 0. The molecule has 7 atom stereocenters. The summed E-state index contributed by atoms with van der Waals surface area (Å²) in [6.07, 6.45) is 14.0. The minimum atomic E-state index is -1.65. The van der Waals surface area contributed by atoms with Gasteiger partial charge in [-0.2, -0.15) is 0 Å². The third kappa shape index (κ3) is 16.4. The third-order valence-corrected chi connectivity index (χ3v) is 8.65. The predicted octanol–water partition coefficient (Wildman–Crippen LogP) is 0.452. The van der Waals surface area contributed by atoms with Gasteiger partial charge in [-0.05, 0) is 36.5 Å². The monoisotopic (exact) mass is 791 g/mol. The van der Waals surface area contributed by atoms with Gasteiger partial charge in [0, 0.05) is 6.08 Å². The summed E-state index contributed by atoms with van der Waals surface area (Å²) >= 11 is 0. The van der Waals surface area contributed by atoms with E-state index in [1.54, 1.807) is 88.4 Å². The van der Waals surface area contributed by atoms with Crippen molar-refractivity contribution in [1.82, 2.24) is 26.6 Å². The molecule has 0 saturated carbocycles. The maximum Gasteiger partial charge on any atom is 0.329 e. The zero-order valence-corrected chi connectivity index (χ0v) is 32.6. The topological polar surface area (TPSA) is 278 Å². The number of hydrogen-bond donors (Lipinski definition) is 8. The first-order valence-electron chi connectivity index (χ1n) is 18.4. The summed E-state index contributed by atoms with van der Waals surface area (Å²) in [5.74, 6) is -8.64.